The first-order chi connectivity index (χ1) is 13.4. The highest BCUT2D eigenvalue weighted by atomic mass is 35.5. The first-order valence-electron chi connectivity index (χ1n) is 8.91. The molecule has 1 atom stereocenters. The van der Waals surface area contributed by atoms with Crippen molar-refractivity contribution < 1.29 is 17.9 Å². The van der Waals surface area contributed by atoms with Gasteiger partial charge in [-0.15, -0.1) is 0 Å². The largest absolute Gasteiger partial charge is 0.476 e. The second-order valence-electron chi connectivity index (χ2n) is 7.95. The number of hydrogen-bond donors (Lipinski definition) is 1. The molecule has 3 rings (SSSR count). The van der Waals surface area contributed by atoms with Crippen molar-refractivity contribution in [2.45, 2.75) is 32.3 Å². The third-order valence-electron chi connectivity index (χ3n) is 4.58. The Kier molecular flexibility index (Phi) is 5.77. The summed E-state index contributed by atoms with van der Waals surface area (Å²) >= 11 is 12.0. The third kappa shape index (κ3) is 4.79. The molecular weight excluding hydrogens is 435 g/mol. The van der Waals surface area contributed by atoms with Crippen molar-refractivity contribution >= 4 is 50.5 Å². The van der Waals surface area contributed by atoms with Crippen LogP contribution in [0.5, 0.6) is 5.75 Å². The van der Waals surface area contributed by atoms with E-state index < -0.39 is 22.0 Å². The number of anilines is 2. The fraction of sp³-hybridized carbons (Fsp3) is 0.350. The summed E-state index contributed by atoms with van der Waals surface area (Å²) in [4.78, 5) is 12.8. The Balaban J connectivity index is 1.93. The molecule has 2 aromatic carbocycles. The summed E-state index contributed by atoms with van der Waals surface area (Å²) < 4.78 is 31.9. The number of nitrogens with zero attached hydrogens (tertiary/aromatic N) is 1. The first-order valence-corrected chi connectivity index (χ1v) is 11.5. The van der Waals surface area contributed by atoms with E-state index in [4.69, 9.17) is 27.9 Å². The molecule has 0 aromatic heterocycles. The van der Waals surface area contributed by atoms with Crippen LogP contribution in [-0.2, 0) is 20.2 Å². The Bertz CT molecular complexity index is 1060. The van der Waals surface area contributed by atoms with Crippen LogP contribution in [0.25, 0.3) is 0 Å². The molecule has 0 saturated carbocycles. The molecular formula is C20H22Cl2N2O4S. The van der Waals surface area contributed by atoms with Crippen molar-refractivity contribution in [1.29, 1.82) is 0 Å². The maximum absolute atomic E-state index is 12.8. The zero-order valence-corrected chi connectivity index (χ0v) is 18.8. The van der Waals surface area contributed by atoms with E-state index in [1.165, 1.54) is 10.4 Å². The lowest BCUT2D eigenvalue weighted by molar-refractivity contribution is -0.122. The molecule has 29 heavy (non-hydrogen) atoms. The standard InChI is InChI=1S/C20H22Cl2N2O4S/c1-20(2,3)12-5-8-17-16(9-12)24(29(4,26)27)11-18(28-17)19(25)23-15-7-6-13(21)10-14(15)22/h5-10,18H,11H2,1-4H3,(H,23,25). The fourth-order valence-corrected chi connectivity index (χ4v) is 4.33. The van der Waals surface area contributed by atoms with Gasteiger partial charge in [-0.3, -0.25) is 9.10 Å². The number of carbonyl (C=O) groups is 1. The van der Waals surface area contributed by atoms with Gasteiger partial charge in [0.2, 0.25) is 10.0 Å². The van der Waals surface area contributed by atoms with Crippen molar-refractivity contribution in [3.8, 4) is 5.75 Å². The molecule has 9 heteroatoms. The van der Waals surface area contributed by atoms with E-state index in [1.807, 2.05) is 26.8 Å². The molecule has 0 bridgehead atoms. The molecule has 1 heterocycles. The van der Waals surface area contributed by atoms with Gasteiger partial charge < -0.3 is 10.1 Å². The van der Waals surface area contributed by atoms with Crippen molar-refractivity contribution in [1.82, 2.24) is 0 Å². The van der Waals surface area contributed by atoms with Gasteiger partial charge in [-0.05, 0) is 41.3 Å². The molecule has 2 aromatic rings. The maximum Gasteiger partial charge on any atom is 0.267 e. The summed E-state index contributed by atoms with van der Waals surface area (Å²) in [5.74, 6) is -0.176. The van der Waals surface area contributed by atoms with Crippen LogP contribution < -0.4 is 14.4 Å². The van der Waals surface area contributed by atoms with E-state index >= 15 is 0 Å². The van der Waals surface area contributed by atoms with Crippen LogP contribution in [0.2, 0.25) is 10.0 Å². The Morgan fingerprint density at radius 1 is 1.17 bits per heavy atom. The van der Waals surface area contributed by atoms with Crippen LogP contribution in [-0.4, -0.2) is 33.2 Å². The lowest BCUT2D eigenvalue weighted by Gasteiger charge is -2.35. The fourth-order valence-electron chi connectivity index (χ4n) is 2.97. The molecule has 1 amide bonds. The van der Waals surface area contributed by atoms with Gasteiger partial charge in [-0.1, -0.05) is 50.0 Å². The zero-order chi connectivity index (χ0) is 21.6. The minimum absolute atomic E-state index is 0.142. The van der Waals surface area contributed by atoms with E-state index in [9.17, 15) is 13.2 Å². The highest BCUT2D eigenvalue weighted by molar-refractivity contribution is 7.92. The predicted molar refractivity (Wildman–Crippen MR) is 117 cm³/mol. The Morgan fingerprint density at radius 2 is 1.86 bits per heavy atom. The van der Waals surface area contributed by atoms with Gasteiger partial charge in [0.1, 0.15) is 5.75 Å². The SMILES string of the molecule is CC(C)(C)c1ccc2c(c1)N(S(C)(=O)=O)CC(C(=O)Nc1ccc(Cl)cc1Cl)O2. The number of fused-ring (bicyclic) bond motifs is 1. The van der Waals surface area contributed by atoms with E-state index in [2.05, 4.69) is 5.32 Å². The number of hydrogen-bond acceptors (Lipinski definition) is 4. The van der Waals surface area contributed by atoms with E-state index in [0.29, 0.717) is 22.1 Å². The summed E-state index contributed by atoms with van der Waals surface area (Å²) in [6.07, 6.45) is 0.0705. The first kappa shape index (κ1) is 21.7. The smallest absolute Gasteiger partial charge is 0.267 e. The number of rotatable bonds is 3. The number of halogens is 2. The number of ether oxygens (including phenoxy) is 1. The van der Waals surface area contributed by atoms with Crippen LogP contribution in [0.4, 0.5) is 11.4 Å². The Hall–Kier alpha value is -1.96. The molecule has 0 spiro atoms. The molecule has 0 fully saturated rings. The number of sulfonamides is 1. The molecule has 0 aliphatic carbocycles. The second kappa shape index (κ2) is 7.70. The third-order valence-corrected chi connectivity index (χ3v) is 6.27. The van der Waals surface area contributed by atoms with Gasteiger partial charge in [0, 0.05) is 5.02 Å². The van der Waals surface area contributed by atoms with Crippen molar-refractivity contribution in [3.63, 3.8) is 0 Å². The number of amides is 1. The van der Waals surface area contributed by atoms with Crippen LogP contribution in [0.1, 0.15) is 26.3 Å². The van der Waals surface area contributed by atoms with Crippen molar-refractivity contribution in [2.75, 3.05) is 22.4 Å². The minimum atomic E-state index is -3.62. The van der Waals surface area contributed by atoms with Crippen LogP contribution in [0.3, 0.4) is 0 Å². The zero-order valence-electron chi connectivity index (χ0n) is 16.5. The molecule has 6 nitrogen and oxygen atoms in total. The summed E-state index contributed by atoms with van der Waals surface area (Å²) in [6, 6.07) is 10.0. The van der Waals surface area contributed by atoms with Crippen molar-refractivity contribution in [2.24, 2.45) is 0 Å². The molecule has 1 aliphatic heterocycles. The van der Waals surface area contributed by atoms with Crippen molar-refractivity contribution in [3.05, 3.63) is 52.0 Å². The summed E-state index contributed by atoms with van der Waals surface area (Å²) in [7, 11) is -3.62. The van der Waals surface area contributed by atoms with Gasteiger partial charge in [-0.2, -0.15) is 0 Å². The van der Waals surface area contributed by atoms with E-state index in [-0.39, 0.29) is 17.0 Å². The monoisotopic (exact) mass is 456 g/mol. The summed E-state index contributed by atoms with van der Waals surface area (Å²) in [5.41, 5.74) is 1.58. The predicted octanol–water partition coefficient (Wildman–Crippen LogP) is 4.46. The number of carbonyl (C=O) groups excluding carboxylic acids is 1. The van der Waals surface area contributed by atoms with Gasteiger partial charge in [0.05, 0.1) is 29.2 Å². The average Bonchev–Trinajstić information content (AvgIpc) is 2.61. The highest BCUT2D eigenvalue weighted by Gasteiger charge is 2.36. The minimum Gasteiger partial charge on any atom is -0.476 e. The van der Waals surface area contributed by atoms with Gasteiger partial charge in [0.15, 0.2) is 6.10 Å². The quantitative estimate of drug-likeness (QED) is 0.739. The van der Waals surface area contributed by atoms with Gasteiger partial charge in [-0.25, -0.2) is 8.42 Å². The Labute approximate surface area is 180 Å². The number of nitrogens with one attached hydrogen (secondary N) is 1. The molecule has 0 saturated heterocycles. The topological polar surface area (TPSA) is 75.7 Å². The summed E-state index contributed by atoms with van der Waals surface area (Å²) in [6.45, 7) is 5.97. The molecule has 1 aliphatic rings. The lowest BCUT2D eigenvalue weighted by atomic mass is 9.86. The van der Waals surface area contributed by atoms with E-state index in [1.54, 1.807) is 24.3 Å². The van der Waals surface area contributed by atoms with Gasteiger partial charge in [0.25, 0.3) is 5.91 Å². The van der Waals surface area contributed by atoms with Crippen LogP contribution in [0, 0.1) is 0 Å². The summed E-state index contributed by atoms with van der Waals surface area (Å²) in [5, 5.41) is 3.38. The van der Waals surface area contributed by atoms with E-state index in [0.717, 1.165) is 11.8 Å². The van der Waals surface area contributed by atoms with Crippen LogP contribution in [0.15, 0.2) is 36.4 Å². The molecule has 1 N–H and O–H groups in total. The average molecular weight is 457 g/mol. The molecule has 156 valence electrons. The lowest BCUT2D eigenvalue weighted by Crippen LogP contribution is -2.48. The second-order valence-corrected chi connectivity index (χ2v) is 10.7. The normalized spacial score (nSPS) is 16.8. The molecule has 1 unspecified atom stereocenters. The number of benzene rings is 2. The Morgan fingerprint density at radius 3 is 2.45 bits per heavy atom. The molecule has 0 radical (unpaired) electrons. The van der Waals surface area contributed by atoms with Gasteiger partial charge >= 0.3 is 0 Å². The highest BCUT2D eigenvalue weighted by Crippen LogP contribution is 2.39. The van der Waals surface area contributed by atoms with Crippen LogP contribution >= 0.6 is 23.2 Å². The maximum atomic E-state index is 12.8.